The van der Waals surface area contributed by atoms with Gasteiger partial charge in [-0.3, -0.25) is 0 Å². The molecule has 4 unspecified atom stereocenters. The number of hydrogen-bond acceptors (Lipinski definition) is 0. The molecule has 0 spiro atoms. The molecule has 0 bridgehead atoms. The second-order valence-corrected chi connectivity index (χ2v) is 6.63. The van der Waals surface area contributed by atoms with Crippen LogP contribution in [-0.2, 0) is 0 Å². The third-order valence-corrected chi connectivity index (χ3v) is 4.72. The summed E-state index contributed by atoms with van der Waals surface area (Å²) in [5.41, 5.74) is 0.698. The van der Waals surface area contributed by atoms with Crippen LogP contribution in [0.2, 0.25) is 0 Å². The maximum atomic E-state index is 2.57. The minimum Gasteiger partial charge on any atom is -0.0628 e. The lowest BCUT2D eigenvalue weighted by molar-refractivity contribution is 0.158. The lowest BCUT2D eigenvalue weighted by Gasteiger charge is -2.34. The van der Waals surface area contributed by atoms with Crippen molar-refractivity contribution in [3.05, 3.63) is 0 Å². The Labute approximate surface area is 89.5 Å². The standard InChI is InChI=1S/C14H26/c1-10(2)9-14(4)7-5-6-13(14)12-8-11(12)3/h10-13H,5-9H2,1-4H3. The van der Waals surface area contributed by atoms with Crippen molar-refractivity contribution in [1.29, 1.82) is 0 Å². The molecule has 2 rings (SSSR count). The predicted molar refractivity (Wildman–Crippen MR) is 62.2 cm³/mol. The highest BCUT2D eigenvalue weighted by Gasteiger charge is 2.49. The summed E-state index contributed by atoms with van der Waals surface area (Å²) in [4.78, 5) is 0. The van der Waals surface area contributed by atoms with Crippen molar-refractivity contribution in [2.45, 2.75) is 59.8 Å². The molecule has 0 N–H and O–H groups in total. The molecule has 0 heteroatoms. The molecule has 82 valence electrons. The first-order chi connectivity index (χ1) is 6.53. The molecule has 0 amide bonds. The average molecular weight is 194 g/mol. The van der Waals surface area contributed by atoms with E-state index in [0.29, 0.717) is 5.41 Å². The van der Waals surface area contributed by atoms with Crippen LogP contribution in [0.4, 0.5) is 0 Å². The van der Waals surface area contributed by atoms with E-state index in [1.54, 1.807) is 0 Å². The highest BCUT2D eigenvalue weighted by molar-refractivity contribution is 4.99. The topological polar surface area (TPSA) is 0 Å². The summed E-state index contributed by atoms with van der Waals surface area (Å²) in [6, 6.07) is 0. The molecular weight excluding hydrogens is 168 g/mol. The van der Waals surface area contributed by atoms with E-state index < -0.39 is 0 Å². The van der Waals surface area contributed by atoms with Crippen molar-refractivity contribution in [2.24, 2.45) is 29.1 Å². The van der Waals surface area contributed by atoms with Gasteiger partial charge in [0.05, 0.1) is 0 Å². The van der Waals surface area contributed by atoms with Gasteiger partial charge >= 0.3 is 0 Å². The first kappa shape index (κ1) is 10.5. The van der Waals surface area contributed by atoms with Crippen molar-refractivity contribution in [2.75, 3.05) is 0 Å². The highest BCUT2D eigenvalue weighted by Crippen LogP contribution is 2.59. The molecule has 2 fully saturated rings. The van der Waals surface area contributed by atoms with Gasteiger partial charge < -0.3 is 0 Å². The Morgan fingerprint density at radius 2 is 2.00 bits per heavy atom. The van der Waals surface area contributed by atoms with Gasteiger partial charge in [0, 0.05) is 0 Å². The van der Waals surface area contributed by atoms with Gasteiger partial charge in [-0.2, -0.15) is 0 Å². The Bertz CT molecular complexity index is 206. The molecule has 2 saturated carbocycles. The Balaban J connectivity index is 2.01. The summed E-state index contributed by atoms with van der Waals surface area (Å²) in [6.45, 7) is 9.78. The Hall–Kier alpha value is 0. The van der Waals surface area contributed by atoms with E-state index in [0.717, 1.165) is 23.7 Å². The molecule has 0 aliphatic heterocycles. The summed E-state index contributed by atoms with van der Waals surface area (Å²) < 4.78 is 0. The molecule has 14 heavy (non-hydrogen) atoms. The van der Waals surface area contributed by atoms with Gasteiger partial charge in [-0.25, -0.2) is 0 Å². The van der Waals surface area contributed by atoms with Crippen molar-refractivity contribution < 1.29 is 0 Å². The van der Waals surface area contributed by atoms with Gasteiger partial charge in [0.15, 0.2) is 0 Å². The summed E-state index contributed by atoms with van der Waals surface area (Å²) in [5, 5.41) is 0. The van der Waals surface area contributed by atoms with E-state index in [9.17, 15) is 0 Å². The molecule has 0 radical (unpaired) electrons. The average Bonchev–Trinajstić information content (AvgIpc) is 2.63. The van der Waals surface area contributed by atoms with E-state index in [-0.39, 0.29) is 0 Å². The van der Waals surface area contributed by atoms with Crippen molar-refractivity contribution >= 4 is 0 Å². The molecule has 0 nitrogen and oxygen atoms in total. The van der Waals surface area contributed by atoms with Crippen molar-refractivity contribution in [3.8, 4) is 0 Å². The Morgan fingerprint density at radius 1 is 1.36 bits per heavy atom. The predicted octanol–water partition coefficient (Wildman–Crippen LogP) is 4.49. The molecule has 0 aromatic rings. The molecule has 0 heterocycles. The van der Waals surface area contributed by atoms with Crippen LogP contribution in [0.3, 0.4) is 0 Å². The first-order valence-electron chi connectivity index (χ1n) is 6.53. The summed E-state index contributed by atoms with van der Waals surface area (Å²) in [6.07, 6.45) is 7.51. The second kappa shape index (κ2) is 3.54. The second-order valence-electron chi connectivity index (χ2n) is 6.63. The Morgan fingerprint density at radius 3 is 2.50 bits per heavy atom. The largest absolute Gasteiger partial charge is 0.0628 e. The third-order valence-electron chi connectivity index (χ3n) is 4.72. The van der Waals surface area contributed by atoms with Crippen LogP contribution in [0.25, 0.3) is 0 Å². The van der Waals surface area contributed by atoms with E-state index in [1.807, 2.05) is 0 Å². The normalized spacial score (nSPS) is 47.4. The van der Waals surface area contributed by atoms with E-state index >= 15 is 0 Å². The fourth-order valence-electron chi connectivity index (χ4n) is 4.09. The summed E-state index contributed by atoms with van der Waals surface area (Å²) in [7, 11) is 0. The number of hydrogen-bond donors (Lipinski definition) is 0. The molecule has 0 aromatic heterocycles. The minimum absolute atomic E-state index is 0.698. The SMILES string of the molecule is CC(C)CC1(C)CCCC1C1CC1C. The molecule has 0 aromatic carbocycles. The monoisotopic (exact) mass is 194 g/mol. The quantitative estimate of drug-likeness (QED) is 0.621. The van der Waals surface area contributed by atoms with Gasteiger partial charge in [-0.1, -0.05) is 34.1 Å². The minimum atomic E-state index is 0.698. The molecule has 4 atom stereocenters. The number of rotatable bonds is 3. The van der Waals surface area contributed by atoms with Crippen molar-refractivity contribution in [1.82, 2.24) is 0 Å². The molecule has 2 aliphatic carbocycles. The van der Waals surface area contributed by atoms with E-state index in [2.05, 4.69) is 27.7 Å². The zero-order valence-electron chi connectivity index (χ0n) is 10.3. The van der Waals surface area contributed by atoms with Crippen LogP contribution in [0.15, 0.2) is 0 Å². The van der Waals surface area contributed by atoms with Crippen molar-refractivity contribution in [3.63, 3.8) is 0 Å². The van der Waals surface area contributed by atoms with Crippen LogP contribution in [0.5, 0.6) is 0 Å². The molecular formula is C14H26. The fourth-order valence-corrected chi connectivity index (χ4v) is 4.09. The lowest BCUT2D eigenvalue weighted by atomic mass is 9.71. The van der Waals surface area contributed by atoms with E-state index in [1.165, 1.54) is 32.1 Å². The first-order valence-corrected chi connectivity index (χ1v) is 6.53. The van der Waals surface area contributed by atoms with Crippen LogP contribution in [-0.4, -0.2) is 0 Å². The zero-order chi connectivity index (χ0) is 10.3. The molecule has 2 aliphatic rings. The van der Waals surface area contributed by atoms with Crippen LogP contribution in [0, 0.1) is 29.1 Å². The molecule has 0 saturated heterocycles. The smallest absolute Gasteiger partial charge is 0.0292 e. The van der Waals surface area contributed by atoms with Crippen LogP contribution in [0.1, 0.15) is 59.8 Å². The van der Waals surface area contributed by atoms with Gasteiger partial charge in [0.2, 0.25) is 0 Å². The highest BCUT2D eigenvalue weighted by atomic mass is 14.5. The fraction of sp³-hybridized carbons (Fsp3) is 1.00. The Kier molecular flexibility index (Phi) is 2.66. The third kappa shape index (κ3) is 1.85. The summed E-state index contributed by atoms with van der Waals surface area (Å²) >= 11 is 0. The lowest BCUT2D eigenvalue weighted by Crippen LogP contribution is -2.25. The maximum absolute atomic E-state index is 2.57. The maximum Gasteiger partial charge on any atom is -0.0292 e. The zero-order valence-corrected chi connectivity index (χ0v) is 10.3. The van der Waals surface area contributed by atoms with Gasteiger partial charge in [0.1, 0.15) is 0 Å². The van der Waals surface area contributed by atoms with Crippen LogP contribution >= 0.6 is 0 Å². The van der Waals surface area contributed by atoms with Crippen LogP contribution < -0.4 is 0 Å². The van der Waals surface area contributed by atoms with Gasteiger partial charge in [0.25, 0.3) is 0 Å². The summed E-state index contributed by atoms with van der Waals surface area (Å²) in [5.74, 6) is 4.10. The van der Waals surface area contributed by atoms with Gasteiger partial charge in [-0.05, 0) is 54.8 Å². The van der Waals surface area contributed by atoms with Gasteiger partial charge in [-0.15, -0.1) is 0 Å². The van der Waals surface area contributed by atoms with E-state index in [4.69, 9.17) is 0 Å².